The molecule has 0 saturated carbocycles. The van der Waals surface area contributed by atoms with Crippen molar-refractivity contribution < 1.29 is 0 Å². The highest BCUT2D eigenvalue weighted by Crippen LogP contribution is 2.25. The van der Waals surface area contributed by atoms with Crippen molar-refractivity contribution in [1.82, 2.24) is 0 Å². The second-order valence-electron chi connectivity index (χ2n) is 5.29. The molecular weight excluding hydrogens is 194 g/mol. The van der Waals surface area contributed by atoms with Gasteiger partial charge >= 0.3 is 0 Å². The van der Waals surface area contributed by atoms with E-state index < -0.39 is 0 Å². The van der Waals surface area contributed by atoms with Gasteiger partial charge in [0.15, 0.2) is 0 Å². The lowest BCUT2D eigenvalue weighted by Gasteiger charge is -2.17. The molecule has 0 radical (unpaired) electrons. The van der Waals surface area contributed by atoms with E-state index in [4.69, 9.17) is 5.73 Å². The topological polar surface area (TPSA) is 26.0 Å². The van der Waals surface area contributed by atoms with E-state index in [1.165, 1.54) is 37.7 Å². The summed E-state index contributed by atoms with van der Waals surface area (Å²) in [6, 6.07) is 0. The van der Waals surface area contributed by atoms with Crippen molar-refractivity contribution in [3.05, 3.63) is 23.4 Å². The molecule has 1 rings (SSSR count). The van der Waals surface area contributed by atoms with Gasteiger partial charge in [0, 0.05) is 5.70 Å². The molecule has 92 valence electrons. The Morgan fingerprint density at radius 1 is 1.25 bits per heavy atom. The predicted molar refractivity (Wildman–Crippen MR) is 72.1 cm³/mol. The lowest BCUT2D eigenvalue weighted by molar-refractivity contribution is 0.364. The van der Waals surface area contributed by atoms with Crippen LogP contribution in [0.5, 0.6) is 0 Å². The van der Waals surface area contributed by atoms with Crippen LogP contribution in [0.25, 0.3) is 0 Å². The van der Waals surface area contributed by atoms with Crippen LogP contribution < -0.4 is 5.73 Å². The maximum absolute atomic E-state index is 5.93. The number of allylic oxidation sites excluding steroid dienone is 4. The second-order valence-corrected chi connectivity index (χ2v) is 5.29. The molecule has 16 heavy (non-hydrogen) atoms. The Balaban J connectivity index is 2.33. The lowest BCUT2D eigenvalue weighted by Crippen LogP contribution is -2.06. The molecule has 0 fully saturated rings. The SMILES string of the molecule is CCCC(C)C(C)C/C=C\C1=C(N)CCC1. The van der Waals surface area contributed by atoms with Crippen LogP contribution in [-0.4, -0.2) is 0 Å². The molecule has 0 aromatic rings. The normalized spacial score (nSPS) is 20.7. The minimum Gasteiger partial charge on any atom is -0.402 e. The van der Waals surface area contributed by atoms with Gasteiger partial charge in [0.1, 0.15) is 0 Å². The fraction of sp³-hybridized carbons (Fsp3) is 0.733. The third kappa shape index (κ3) is 4.03. The van der Waals surface area contributed by atoms with E-state index in [1.807, 2.05) is 0 Å². The van der Waals surface area contributed by atoms with E-state index in [0.717, 1.165) is 24.0 Å². The monoisotopic (exact) mass is 221 g/mol. The van der Waals surface area contributed by atoms with E-state index in [0.29, 0.717) is 0 Å². The zero-order valence-electron chi connectivity index (χ0n) is 11.1. The number of hydrogen-bond donors (Lipinski definition) is 1. The van der Waals surface area contributed by atoms with Gasteiger partial charge in [0.2, 0.25) is 0 Å². The van der Waals surface area contributed by atoms with Crippen LogP contribution in [0.4, 0.5) is 0 Å². The van der Waals surface area contributed by atoms with Crippen LogP contribution in [0.1, 0.15) is 59.3 Å². The Bertz CT molecular complexity index is 263. The first-order valence-corrected chi connectivity index (χ1v) is 6.79. The summed E-state index contributed by atoms with van der Waals surface area (Å²) in [4.78, 5) is 0. The summed E-state index contributed by atoms with van der Waals surface area (Å²) in [6.45, 7) is 6.99. The summed E-state index contributed by atoms with van der Waals surface area (Å²) in [5, 5.41) is 0. The summed E-state index contributed by atoms with van der Waals surface area (Å²) in [5.41, 5.74) is 8.43. The van der Waals surface area contributed by atoms with Crippen molar-refractivity contribution in [2.45, 2.75) is 59.3 Å². The van der Waals surface area contributed by atoms with E-state index in [1.54, 1.807) is 0 Å². The minimum absolute atomic E-state index is 0.791. The van der Waals surface area contributed by atoms with E-state index >= 15 is 0 Å². The molecule has 0 aliphatic heterocycles. The second kappa shape index (κ2) is 6.78. The summed E-state index contributed by atoms with van der Waals surface area (Å²) in [5.74, 6) is 1.63. The van der Waals surface area contributed by atoms with E-state index in [2.05, 4.69) is 32.9 Å². The molecule has 0 aromatic carbocycles. The highest BCUT2D eigenvalue weighted by atomic mass is 14.6. The molecule has 2 atom stereocenters. The fourth-order valence-electron chi connectivity index (χ4n) is 2.38. The predicted octanol–water partition coefficient (Wildman–Crippen LogP) is 4.40. The quantitative estimate of drug-likeness (QED) is 0.706. The molecule has 1 heteroatoms. The Labute approximate surface area is 101 Å². The molecule has 0 bridgehead atoms. The Kier molecular flexibility index (Phi) is 5.65. The van der Waals surface area contributed by atoms with Gasteiger partial charge in [0.05, 0.1) is 0 Å². The van der Waals surface area contributed by atoms with Crippen molar-refractivity contribution >= 4 is 0 Å². The van der Waals surface area contributed by atoms with Crippen molar-refractivity contribution in [2.24, 2.45) is 17.6 Å². The molecule has 0 saturated heterocycles. The van der Waals surface area contributed by atoms with Gasteiger partial charge in [-0.05, 0) is 43.1 Å². The number of nitrogens with two attached hydrogens (primary N) is 1. The fourth-order valence-corrected chi connectivity index (χ4v) is 2.38. The van der Waals surface area contributed by atoms with E-state index in [9.17, 15) is 0 Å². The third-order valence-electron chi connectivity index (χ3n) is 3.85. The van der Waals surface area contributed by atoms with Crippen molar-refractivity contribution in [3.8, 4) is 0 Å². The zero-order chi connectivity index (χ0) is 12.0. The first-order chi connectivity index (χ1) is 7.65. The third-order valence-corrected chi connectivity index (χ3v) is 3.85. The number of hydrogen-bond acceptors (Lipinski definition) is 1. The largest absolute Gasteiger partial charge is 0.402 e. The van der Waals surface area contributed by atoms with Crippen LogP contribution in [0.3, 0.4) is 0 Å². The molecular formula is C15H27N. The maximum Gasteiger partial charge on any atom is 0.0113 e. The standard InChI is InChI=1S/C15H27N/c1-4-7-12(2)13(3)8-5-9-14-10-6-11-15(14)16/h5,9,12-13H,4,6-8,10-11,16H2,1-3H3/b9-5-. The Morgan fingerprint density at radius 2 is 2.00 bits per heavy atom. The first-order valence-electron chi connectivity index (χ1n) is 6.79. The van der Waals surface area contributed by atoms with Crippen molar-refractivity contribution in [1.29, 1.82) is 0 Å². The molecule has 0 aromatic heterocycles. The molecule has 2 unspecified atom stereocenters. The summed E-state index contributed by atoms with van der Waals surface area (Å²) < 4.78 is 0. The molecule has 0 amide bonds. The van der Waals surface area contributed by atoms with Gasteiger partial charge in [-0.3, -0.25) is 0 Å². The van der Waals surface area contributed by atoms with E-state index in [-0.39, 0.29) is 0 Å². The van der Waals surface area contributed by atoms with Gasteiger partial charge in [-0.25, -0.2) is 0 Å². The van der Waals surface area contributed by atoms with Gasteiger partial charge < -0.3 is 5.73 Å². The van der Waals surface area contributed by atoms with Gasteiger partial charge in [-0.1, -0.05) is 45.8 Å². The van der Waals surface area contributed by atoms with Crippen LogP contribution in [0.15, 0.2) is 23.4 Å². The highest BCUT2D eigenvalue weighted by molar-refractivity contribution is 5.27. The molecule has 1 aliphatic rings. The van der Waals surface area contributed by atoms with Crippen LogP contribution in [0, 0.1) is 11.8 Å². The number of rotatable bonds is 6. The summed E-state index contributed by atoms with van der Waals surface area (Å²) in [6.07, 6.45) is 11.9. The molecule has 1 aliphatic carbocycles. The summed E-state index contributed by atoms with van der Waals surface area (Å²) >= 11 is 0. The summed E-state index contributed by atoms with van der Waals surface area (Å²) in [7, 11) is 0. The lowest BCUT2D eigenvalue weighted by atomic mass is 9.89. The Morgan fingerprint density at radius 3 is 2.56 bits per heavy atom. The van der Waals surface area contributed by atoms with Gasteiger partial charge in [-0.2, -0.15) is 0 Å². The highest BCUT2D eigenvalue weighted by Gasteiger charge is 2.11. The molecule has 2 N–H and O–H groups in total. The molecule has 0 heterocycles. The molecule has 1 nitrogen and oxygen atoms in total. The average Bonchev–Trinajstić information content (AvgIpc) is 2.65. The Hall–Kier alpha value is -0.720. The van der Waals surface area contributed by atoms with Gasteiger partial charge in [-0.15, -0.1) is 0 Å². The van der Waals surface area contributed by atoms with Crippen LogP contribution >= 0.6 is 0 Å². The zero-order valence-corrected chi connectivity index (χ0v) is 11.1. The van der Waals surface area contributed by atoms with Crippen LogP contribution in [0.2, 0.25) is 0 Å². The van der Waals surface area contributed by atoms with Crippen molar-refractivity contribution in [2.75, 3.05) is 0 Å². The molecule has 0 spiro atoms. The van der Waals surface area contributed by atoms with Crippen molar-refractivity contribution in [3.63, 3.8) is 0 Å². The van der Waals surface area contributed by atoms with Gasteiger partial charge in [0.25, 0.3) is 0 Å². The maximum atomic E-state index is 5.93. The average molecular weight is 221 g/mol. The van der Waals surface area contributed by atoms with Crippen LogP contribution in [-0.2, 0) is 0 Å². The minimum atomic E-state index is 0.791. The first kappa shape index (κ1) is 13.3. The smallest absolute Gasteiger partial charge is 0.0113 e.